The van der Waals surface area contributed by atoms with E-state index in [0.717, 1.165) is 28.4 Å². The summed E-state index contributed by atoms with van der Waals surface area (Å²) >= 11 is 3.23. The van der Waals surface area contributed by atoms with Crippen molar-refractivity contribution in [1.82, 2.24) is 15.2 Å². The SMILES string of the molecule is CCCSc1nnc(Cc2csc(-c3ccccc3)n2)o1. The first-order valence-corrected chi connectivity index (χ1v) is 8.66. The Morgan fingerprint density at radius 1 is 1.19 bits per heavy atom. The minimum Gasteiger partial charge on any atom is -0.416 e. The predicted octanol–water partition coefficient (Wildman–Crippen LogP) is 4.29. The standard InChI is InChI=1S/C15H15N3OS2/c1-2-8-20-15-18-17-13(19-15)9-12-10-21-14(16-12)11-6-4-3-5-7-11/h3-7,10H,2,8-9H2,1H3. The van der Waals surface area contributed by atoms with Gasteiger partial charge < -0.3 is 4.42 Å². The predicted molar refractivity (Wildman–Crippen MR) is 85.7 cm³/mol. The molecule has 6 heteroatoms. The van der Waals surface area contributed by atoms with Crippen LogP contribution in [0.3, 0.4) is 0 Å². The Morgan fingerprint density at radius 2 is 2.05 bits per heavy atom. The zero-order valence-electron chi connectivity index (χ0n) is 11.7. The van der Waals surface area contributed by atoms with Crippen molar-refractivity contribution in [2.45, 2.75) is 25.0 Å². The van der Waals surface area contributed by atoms with Crippen LogP contribution in [0.1, 0.15) is 24.9 Å². The average molecular weight is 317 g/mol. The summed E-state index contributed by atoms with van der Waals surface area (Å²) in [5.74, 6) is 1.62. The molecular weight excluding hydrogens is 302 g/mol. The first kappa shape index (κ1) is 14.3. The van der Waals surface area contributed by atoms with Crippen LogP contribution in [0, 0.1) is 0 Å². The van der Waals surface area contributed by atoms with Crippen LogP contribution in [0.2, 0.25) is 0 Å². The maximum absolute atomic E-state index is 5.61. The summed E-state index contributed by atoms with van der Waals surface area (Å²) in [6.45, 7) is 2.13. The van der Waals surface area contributed by atoms with Gasteiger partial charge in [0.05, 0.1) is 12.1 Å². The molecule has 108 valence electrons. The van der Waals surface area contributed by atoms with Crippen LogP contribution in [0.15, 0.2) is 45.4 Å². The van der Waals surface area contributed by atoms with E-state index in [4.69, 9.17) is 4.42 Å². The van der Waals surface area contributed by atoms with Crippen molar-refractivity contribution in [2.75, 3.05) is 5.75 Å². The van der Waals surface area contributed by atoms with E-state index in [-0.39, 0.29) is 0 Å². The van der Waals surface area contributed by atoms with Gasteiger partial charge in [0.2, 0.25) is 5.89 Å². The summed E-state index contributed by atoms with van der Waals surface area (Å²) in [6.07, 6.45) is 1.68. The zero-order chi connectivity index (χ0) is 14.5. The molecular formula is C15H15N3OS2. The minimum atomic E-state index is 0.586. The molecule has 0 aliphatic heterocycles. The van der Waals surface area contributed by atoms with Crippen LogP contribution in [0.5, 0.6) is 0 Å². The highest BCUT2D eigenvalue weighted by Gasteiger charge is 2.10. The van der Waals surface area contributed by atoms with Crippen molar-refractivity contribution in [3.8, 4) is 10.6 Å². The van der Waals surface area contributed by atoms with E-state index in [1.807, 2.05) is 23.6 Å². The number of hydrogen-bond donors (Lipinski definition) is 0. The maximum Gasteiger partial charge on any atom is 0.276 e. The van der Waals surface area contributed by atoms with Crippen LogP contribution in [0.25, 0.3) is 10.6 Å². The highest BCUT2D eigenvalue weighted by atomic mass is 32.2. The molecule has 21 heavy (non-hydrogen) atoms. The Morgan fingerprint density at radius 3 is 2.86 bits per heavy atom. The number of rotatable bonds is 6. The van der Waals surface area contributed by atoms with E-state index in [9.17, 15) is 0 Å². The molecule has 0 bridgehead atoms. The van der Waals surface area contributed by atoms with Crippen LogP contribution >= 0.6 is 23.1 Å². The van der Waals surface area contributed by atoms with Crippen molar-refractivity contribution in [3.05, 3.63) is 47.3 Å². The van der Waals surface area contributed by atoms with Gasteiger partial charge in [0.25, 0.3) is 5.22 Å². The highest BCUT2D eigenvalue weighted by molar-refractivity contribution is 7.99. The van der Waals surface area contributed by atoms with Crippen molar-refractivity contribution >= 4 is 23.1 Å². The molecule has 0 atom stereocenters. The molecule has 3 aromatic rings. The largest absolute Gasteiger partial charge is 0.416 e. The van der Waals surface area contributed by atoms with E-state index in [2.05, 4.69) is 34.2 Å². The molecule has 2 heterocycles. The second-order valence-electron chi connectivity index (χ2n) is 4.50. The molecule has 2 aromatic heterocycles. The van der Waals surface area contributed by atoms with Gasteiger partial charge in [-0.25, -0.2) is 4.98 Å². The van der Waals surface area contributed by atoms with Gasteiger partial charge in [-0.15, -0.1) is 21.5 Å². The molecule has 0 saturated heterocycles. The summed E-state index contributed by atoms with van der Waals surface area (Å²) < 4.78 is 5.61. The molecule has 0 N–H and O–H groups in total. The molecule has 0 radical (unpaired) electrons. The Kier molecular flexibility index (Phi) is 4.67. The summed E-state index contributed by atoms with van der Waals surface area (Å²) in [7, 11) is 0. The minimum absolute atomic E-state index is 0.586. The van der Waals surface area contributed by atoms with Gasteiger partial charge in [0.1, 0.15) is 5.01 Å². The summed E-state index contributed by atoms with van der Waals surface area (Å²) in [5, 5.41) is 11.8. The molecule has 0 spiro atoms. The third-order valence-electron chi connectivity index (χ3n) is 2.78. The molecule has 4 nitrogen and oxygen atoms in total. The number of thiazole rings is 1. The van der Waals surface area contributed by atoms with E-state index in [0.29, 0.717) is 17.5 Å². The van der Waals surface area contributed by atoms with E-state index >= 15 is 0 Å². The van der Waals surface area contributed by atoms with E-state index < -0.39 is 0 Å². The third-order valence-corrected chi connectivity index (χ3v) is 4.75. The number of benzene rings is 1. The van der Waals surface area contributed by atoms with Gasteiger partial charge in [-0.3, -0.25) is 0 Å². The van der Waals surface area contributed by atoms with E-state index in [1.54, 1.807) is 23.1 Å². The van der Waals surface area contributed by atoms with Gasteiger partial charge in [0.15, 0.2) is 0 Å². The van der Waals surface area contributed by atoms with Gasteiger partial charge in [0, 0.05) is 16.7 Å². The molecule has 0 unspecified atom stereocenters. The first-order valence-electron chi connectivity index (χ1n) is 6.80. The lowest BCUT2D eigenvalue weighted by Gasteiger charge is -1.94. The normalized spacial score (nSPS) is 10.9. The fourth-order valence-corrected chi connectivity index (χ4v) is 3.27. The lowest BCUT2D eigenvalue weighted by Crippen LogP contribution is -1.88. The first-order chi connectivity index (χ1) is 10.3. The Hall–Kier alpha value is -1.66. The average Bonchev–Trinajstić information content (AvgIpc) is 3.16. The number of hydrogen-bond acceptors (Lipinski definition) is 6. The molecule has 0 amide bonds. The molecule has 1 aromatic carbocycles. The van der Waals surface area contributed by atoms with Gasteiger partial charge in [-0.05, 0) is 6.42 Å². The Balaban J connectivity index is 1.68. The van der Waals surface area contributed by atoms with Gasteiger partial charge in [-0.1, -0.05) is 49.0 Å². The molecule has 0 saturated carbocycles. The molecule has 0 aliphatic rings. The summed E-state index contributed by atoms with van der Waals surface area (Å²) in [4.78, 5) is 4.63. The summed E-state index contributed by atoms with van der Waals surface area (Å²) in [6, 6.07) is 10.2. The Labute approximate surface area is 131 Å². The Bertz CT molecular complexity index is 694. The van der Waals surface area contributed by atoms with Crippen LogP contribution < -0.4 is 0 Å². The summed E-state index contributed by atoms with van der Waals surface area (Å²) in [5.41, 5.74) is 2.10. The fraction of sp³-hybridized carbons (Fsp3) is 0.267. The van der Waals surface area contributed by atoms with Crippen LogP contribution in [-0.2, 0) is 6.42 Å². The zero-order valence-corrected chi connectivity index (χ0v) is 13.3. The quantitative estimate of drug-likeness (QED) is 0.635. The lowest BCUT2D eigenvalue weighted by molar-refractivity contribution is 0.419. The maximum atomic E-state index is 5.61. The second kappa shape index (κ2) is 6.87. The van der Waals surface area contributed by atoms with Crippen LogP contribution in [0.4, 0.5) is 0 Å². The number of nitrogens with zero attached hydrogens (tertiary/aromatic N) is 3. The molecule has 0 aliphatic carbocycles. The van der Waals surface area contributed by atoms with Crippen molar-refractivity contribution in [3.63, 3.8) is 0 Å². The molecule has 3 rings (SSSR count). The van der Waals surface area contributed by atoms with Crippen molar-refractivity contribution < 1.29 is 4.42 Å². The fourth-order valence-electron chi connectivity index (χ4n) is 1.81. The van der Waals surface area contributed by atoms with Crippen molar-refractivity contribution in [1.29, 1.82) is 0 Å². The van der Waals surface area contributed by atoms with Gasteiger partial charge in [-0.2, -0.15) is 0 Å². The lowest BCUT2D eigenvalue weighted by atomic mass is 10.2. The smallest absolute Gasteiger partial charge is 0.276 e. The topological polar surface area (TPSA) is 51.8 Å². The number of thioether (sulfide) groups is 1. The monoisotopic (exact) mass is 317 g/mol. The van der Waals surface area contributed by atoms with Gasteiger partial charge >= 0.3 is 0 Å². The van der Waals surface area contributed by atoms with Crippen molar-refractivity contribution in [2.24, 2.45) is 0 Å². The van der Waals surface area contributed by atoms with E-state index in [1.165, 1.54) is 0 Å². The molecule has 0 fully saturated rings. The number of aromatic nitrogens is 3. The second-order valence-corrected chi connectivity index (χ2v) is 6.40. The highest BCUT2D eigenvalue weighted by Crippen LogP contribution is 2.25. The van der Waals surface area contributed by atoms with Crippen LogP contribution in [-0.4, -0.2) is 20.9 Å². The third kappa shape index (κ3) is 3.71.